The molecule has 0 bridgehead atoms. The number of H-pyrrole nitrogens is 1. The summed E-state index contributed by atoms with van der Waals surface area (Å²) in [6.45, 7) is 6.81. The van der Waals surface area contributed by atoms with Gasteiger partial charge < -0.3 is 4.98 Å². The van der Waals surface area contributed by atoms with E-state index in [1.807, 2.05) is 12.1 Å². The second-order valence-corrected chi connectivity index (χ2v) is 5.34. The van der Waals surface area contributed by atoms with E-state index in [0.717, 1.165) is 16.5 Å². The molecule has 0 spiro atoms. The molecular formula is C14H18ClN. The Morgan fingerprint density at radius 2 is 2.00 bits per heavy atom. The van der Waals surface area contributed by atoms with Crippen LogP contribution >= 0.6 is 11.6 Å². The van der Waals surface area contributed by atoms with Gasteiger partial charge in [-0.15, -0.1) is 0 Å². The minimum atomic E-state index is 0.576. The molecule has 0 saturated heterocycles. The van der Waals surface area contributed by atoms with Crippen LogP contribution in [-0.4, -0.2) is 4.98 Å². The smallest absolute Gasteiger partial charge is 0.0647 e. The Balaban J connectivity index is 2.42. The van der Waals surface area contributed by atoms with Crippen LogP contribution in [0.1, 0.15) is 38.7 Å². The van der Waals surface area contributed by atoms with E-state index in [4.69, 9.17) is 11.6 Å². The van der Waals surface area contributed by atoms with Crippen molar-refractivity contribution in [2.24, 2.45) is 5.92 Å². The molecule has 0 fully saturated rings. The lowest BCUT2D eigenvalue weighted by Gasteiger charge is -2.13. The average Bonchev–Trinajstić information content (AvgIpc) is 2.61. The number of benzene rings is 1. The molecule has 0 radical (unpaired) electrons. The summed E-state index contributed by atoms with van der Waals surface area (Å²) in [6, 6.07) is 6.09. The molecule has 0 saturated carbocycles. The molecule has 2 aromatic rings. The third kappa shape index (κ3) is 2.10. The second kappa shape index (κ2) is 4.50. The number of halogens is 1. The van der Waals surface area contributed by atoms with E-state index in [1.54, 1.807) is 0 Å². The van der Waals surface area contributed by atoms with Crippen LogP contribution in [0.3, 0.4) is 0 Å². The van der Waals surface area contributed by atoms with E-state index in [1.165, 1.54) is 17.4 Å². The van der Waals surface area contributed by atoms with Gasteiger partial charge in [0, 0.05) is 11.6 Å². The fourth-order valence-electron chi connectivity index (χ4n) is 2.38. The zero-order chi connectivity index (χ0) is 11.7. The summed E-state index contributed by atoms with van der Waals surface area (Å²) in [4.78, 5) is 3.28. The number of aromatic nitrogens is 1. The van der Waals surface area contributed by atoms with Crippen molar-refractivity contribution in [3.8, 4) is 0 Å². The van der Waals surface area contributed by atoms with Crippen molar-refractivity contribution in [2.75, 3.05) is 0 Å². The van der Waals surface area contributed by atoms with Gasteiger partial charge in [-0.3, -0.25) is 0 Å². The van der Waals surface area contributed by atoms with Crippen LogP contribution in [0.25, 0.3) is 10.9 Å². The normalized spacial score (nSPS) is 13.6. The first-order valence-electron chi connectivity index (χ1n) is 5.85. The van der Waals surface area contributed by atoms with Crippen molar-refractivity contribution in [3.05, 3.63) is 35.0 Å². The van der Waals surface area contributed by atoms with Gasteiger partial charge in [-0.1, -0.05) is 44.5 Å². The first-order chi connectivity index (χ1) is 7.59. The van der Waals surface area contributed by atoms with E-state index >= 15 is 0 Å². The van der Waals surface area contributed by atoms with E-state index in [2.05, 4.69) is 38.0 Å². The van der Waals surface area contributed by atoms with Crippen LogP contribution in [0.2, 0.25) is 5.02 Å². The van der Waals surface area contributed by atoms with Gasteiger partial charge in [0.1, 0.15) is 0 Å². The van der Waals surface area contributed by atoms with Crippen molar-refractivity contribution in [3.63, 3.8) is 0 Å². The first kappa shape index (κ1) is 11.5. The van der Waals surface area contributed by atoms with Gasteiger partial charge in [0.2, 0.25) is 0 Å². The standard InChI is InChI=1S/C14H18ClN/c1-9(2)7-10(3)12-8-16-14-11(12)5-4-6-13(14)15/h4-6,8-10,16H,7H2,1-3H3. The van der Waals surface area contributed by atoms with Gasteiger partial charge in [0.15, 0.2) is 0 Å². The Morgan fingerprint density at radius 1 is 1.25 bits per heavy atom. The highest BCUT2D eigenvalue weighted by molar-refractivity contribution is 6.35. The Morgan fingerprint density at radius 3 is 2.69 bits per heavy atom. The molecule has 86 valence electrons. The topological polar surface area (TPSA) is 15.8 Å². The first-order valence-corrected chi connectivity index (χ1v) is 6.23. The van der Waals surface area contributed by atoms with E-state index in [-0.39, 0.29) is 0 Å². The van der Waals surface area contributed by atoms with Crippen LogP contribution < -0.4 is 0 Å². The van der Waals surface area contributed by atoms with Crippen molar-refractivity contribution < 1.29 is 0 Å². The van der Waals surface area contributed by atoms with E-state index in [0.29, 0.717) is 5.92 Å². The highest BCUT2D eigenvalue weighted by Crippen LogP contribution is 2.32. The molecule has 1 atom stereocenters. The van der Waals surface area contributed by atoms with Crippen LogP contribution in [-0.2, 0) is 0 Å². The number of hydrogen-bond donors (Lipinski definition) is 1. The lowest BCUT2D eigenvalue weighted by Crippen LogP contribution is -1.97. The minimum Gasteiger partial charge on any atom is -0.360 e. The molecule has 0 aliphatic carbocycles. The molecule has 0 aliphatic rings. The molecule has 0 aliphatic heterocycles. The van der Waals surface area contributed by atoms with Gasteiger partial charge in [0.25, 0.3) is 0 Å². The summed E-state index contributed by atoms with van der Waals surface area (Å²) in [7, 11) is 0. The number of para-hydroxylation sites is 1. The summed E-state index contributed by atoms with van der Waals surface area (Å²) in [6.07, 6.45) is 3.31. The van der Waals surface area contributed by atoms with E-state index < -0.39 is 0 Å². The summed E-state index contributed by atoms with van der Waals surface area (Å²) in [5.74, 6) is 1.30. The molecule has 1 N–H and O–H groups in total. The molecular weight excluding hydrogens is 218 g/mol. The second-order valence-electron chi connectivity index (χ2n) is 4.94. The van der Waals surface area contributed by atoms with Crippen molar-refractivity contribution >= 4 is 22.5 Å². The third-order valence-electron chi connectivity index (χ3n) is 3.05. The lowest BCUT2D eigenvalue weighted by atomic mass is 9.92. The Hall–Kier alpha value is -0.950. The van der Waals surface area contributed by atoms with Crippen molar-refractivity contribution in [2.45, 2.75) is 33.1 Å². The largest absolute Gasteiger partial charge is 0.360 e. The summed E-state index contributed by atoms with van der Waals surface area (Å²) in [5.41, 5.74) is 2.45. The van der Waals surface area contributed by atoms with E-state index in [9.17, 15) is 0 Å². The Kier molecular flexibility index (Phi) is 3.25. The highest BCUT2D eigenvalue weighted by atomic mass is 35.5. The fourth-order valence-corrected chi connectivity index (χ4v) is 2.61. The number of nitrogens with one attached hydrogen (secondary N) is 1. The quantitative estimate of drug-likeness (QED) is 0.773. The number of rotatable bonds is 3. The molecule has 1 heterocycles. The summed E-state index contributed by atoms with van der Waals surface area (Å²) >= 11 is 6.15. The molecule has 2 heteroatoms. The Bertz CT molecular complexity index is 484. The monoisotopic (exact) mass is 235 g/mol. The van der Waals surface area contributed by atoms with Gasteiger partial charge >= 0.3 is 0 Å². The van der Waals surface area contributed by atoms with Crippen LogP contribution in [0.4, 0.5) is 0 Å². The van der Waals surface area contributed by atoms with Crippen molar-refractivity contribution in [1.82, 2.24) is 4.98 Å². The fraction of sp³-hybridized carbons (Fsp3) is 0.429. The molecule has 1 nitrogen and oxygen atoms in total. The Labute approximate surface area is 102 Å². The van der Waals surface area contributed by atoms with Crippen molar-refractivity contribution in [1.29, 1.82) is 0 Å². The average molecular weight is 236 g/mol. The van der Waals surface area contributed by atoms with Crippen LogP contribution in [0, 0.1) is 5.92 Å². The zero-order valence-electron chi connectivity index (χ0n) is 10.0. The maximum atomic E-state index is 6.15. The predicted molar refractivity (Wildman–Crippen MR) is 71.2 cm³/mol. The third-order valence-corrected chi connectivity index (χ3v) is 3.37. The maximum absolute atomic E-state index is 6.15. The zero-order valence-corrected chi connectivity index (χ0v) is 10.8. The van der Waals surface area contributed by atoms with Gasteiger partial charge in [-0.25, -0.2) is 0 Å². The molecule has 2 rings (SSSR count). The van der Waals surface area contributed by atoms with Gasteiger partial charge in [-0.05, 0) is 29.9 Å². The van der Waals surface area contributed by atoms with Gasteiger partial charge in [-0.2, -0.15) is 0 Å². The van der Waals surface area contributed by atoms with Crippen LogP contribution in [0.15, 0.2) is 24.4 Å². The van der Waals surface area contributed by atoms with Gasteiger partial charge in [0.05, 0.1) is 10.5 Å². The SMILES string of the molecule is CC(C)CC(C)c1c[nH]c2c(Cl)cccc12. The molecule has 1 unspecified atom stereocenters. The number of aromatic amines is 1. The summed E-state index contributed by atoms with van der Waals surface area (Å²) in [5, 5.41) is 2.07. The molecule has 0 amide bonds. The lowest BCUT2D eigenvalue weighted by molar-refractivity contribution is 0.525. The molecule has 1 aromatic heterocycles. The highest BCUT2D eigenvalue weighted by Gasteiger charge is 2.13. The minimum absolute atomic E-state index is 0.576. The number of fused-ring (bicyclic) bond motifs is 1. The molecule has 1 aromatic carbocycles. The molecule has 16 heavy (non-hydrogen) atoms. The maximum Gasteiger partial charge on any atom is 0.0647 e. The predicted octanol–water partition coefficient (Wildman–Crippen LogP) is 4.97. The number of hydrogen-bond acceptors (Lipinski definition) is 0. The summed E-state index contributed by atoms with van der Waals surface area (Å²) < 4.78 is 0. The van der Waals surface area contributed by atoms with Crippen LogP contribution in [0.5, 0.6) is 0 Å².